The van der Waals surface area contributed by atoms with E-state index in [2.05, 4.69) is 9.97 Å². The SMILES string of the molecule is O=C([C@H]1CCS(=O)(=O)C1)N1CCC[C@H](c2cc3ncccc3cn2)C1. The maximum Gasteiger partial charge on any atom is 0.226 e. The second-order valence-corrected chi connectivity index (χ2v) is 9.26. The summed E-state index contributed by atoms with van der Waals surface area (Å²) in [5, 5.41) is 1.01. The third-order valence-electron chi connectivity index (χ3n) is 5.24. The van der Waals surface area contributed by atoms with Crippen molar-refractivity contribution in [3.8, 4) is 0 Å². The number of hydrogen-bond acceptors (Lipinski definition) is 5. The summed E-state index contributed by atoms with van der Waals surface area (Å²) in [5.74, 6) is -0.0502. The van der Waals surface area contributed by atoms with Crippen LogP contribution in [0.4, 0.5) is 0 Å². The number of fused-ring (bicyclic) bond motifs is 1. The van der Waals surface area contributed by atoms with Crippen LogP contribution >= 0.6 is 0 Å². The minimum Gasteiger partial charge on any atom is -0.342 e. The number of amides is 1. The summed E-state index contributed by atoms with van der Waals surface area (Å²) in [6, 6.07) is 5.88. The average Bonchev–Trinajstić information content (AvgIpc) is 3.00. The molecule has 0 radical (unpaired) electrons. The van der Waals surface area contributed by atoms with E-state index in [-0.39, 0.29) is 29.2 Å². The van der Waals surface area contributed by atoms with E-state index >= 15 is 0 Å². The molecule has 2 aliphatic heterocycles. The van der Waals surface area contributed by atoms with Gasteiger partial charge < -0.3 is 4.90 Å². The molecular formula is C18H21N3O3S. The number of piperidine rings is 1. The Morgan fingerprint density at radius 2 is 2.12 bits per heavy atom. The molecule has 6 nitrogen and oxygen atoms in total. The van der Waals surface area contributed by atoms with Crippen LogP contribution in [0.3, 0.4) is 0 Å². The predicted octanol–water partition coefficient (Wildman–Crippen LogP) is 1.77. The fraction of sp³-hybridized carbons (Fsp3) is 0.500. The van der Waals surface area contributed by atoms with Crippen molar-refractivity contribution in [2.75, 3.05) is 24.6 Å². The fourth-order valence-corrected chi connectivity index (χ4v) is 5.60. The molecule has 0 N–H and O–H groups in total. The first kappa shape index (κ1) is 16.4. The Bertz CT molecular complexity index is 913. The largest absolute Gasteiger partial charge is 0.342 e. The monoisotopic (exact) mass is 359 g/mol. The van der Waals surface area contributed by atoms with Gasteiger partial charge in [-0.05, 0) is 37.5 Å². The highest BCUT2D eigenvalue weighted by Crippen LogP contribution is 2.29. The zero-order valence-corrected chi connectivity index (χ0v) is 14.8. The summed E-state index contributed by atoms with van der Waals surface area (Å²) >= 11 is 0. The smallest absolute Gasteiger partial charge is 0.226 e. The first-order chi connectivity index (χ1) is 12.0. The lowest BCUT2D eigenvalue weighted by Gasteiger charge is -2.34. The van der Waals surface area contributed by atoms with Crippen molar-refractivity contribution in [3.05, 3.63) is 36.3 Å². The maximum atomic E-state index is 12.7. The molecule has 0 spiro atoms. The standard InChI is InChI=1S/C18H21N3O3S/c22-18(15-5-8-25(23,24)12-15)21-7-2-4-14(11-21)17-9-16-13(10-20-17)3-1-6-19-16/h1,3,6,9-10,14-15H,2,4-5,7-8,11-12H2/t14-,15-/m0/s1. The average molecular weight is 359 g/mol. The van der Waals surface area contributed by atoms with E-state index in [4.69, 9.17) is 0 Å². The van der Waals surface area contributed by atoms with Crippen molar-refractivity contribution in [2.45, 2.75) is 25.2 Å². The second kappa shape index (κ2) is 6.37. The third-order valence-corrected chi connectivity index (χ3v) is 7.01. The molecule has 2 aromatic rings. The van der Waals surface area contributed by atoms with Gasteiger partial charge in [0.15, 0.2) is 9.84 Å². The van der Waals surface area contributed by atoms with Gasteiger partial charge >= 0.3 is 0 Å². The van der Waals surface area contributed by atoms with Crippen molar-refractivity contribution >= 4 is 26.6 Å². The van der Waals surface area contributed by atoms with Crippen LogP contribution in [0.5, 0.6) is 0 Å². The molecule has 0 bridgehead atoms. The number of hydrogen-bond donors (Lipinski definition) is 0. The van der Waals surface area contributed by atoms with Crippen LogP contribution in [0.15, 0.2) is 30.6 Å². The van der Waals surface area contributed by atoms with Gasteiger partial charge in [0.05, 0.1) is 22.9 Å². The van der Waals surface area contributed by atoms with E-state index in [1.54, 1.807) is 6.20 Å². The number of sulfone groups is 1. The molecule has 1 amide bonds. The number of aromatic nitrogens is 2. The summed E-state index contributed by atoms with van der Waals surface area (Å²) in [6.45, 7) is 1.32. The molecule has 0 aliphatic carbocycles. The van der Waals surface area contributed by atoms with Gasteiger partial charge in [0, 0.05) is 42.5 Å². The Kier molecular flexibility index (Phi) is 4.19. The van der Waals surface area contributed by atoms with Crippen molar-refractivity contribution in [3.63, 3.8) is 0 Å². The van der Waals surface area contributed by atoms with Crippen LogP contribution in [0, 0.1) is 5.92 Å². The summed E-state index contributed by atoms with van der Waals surface area (Å²) in [5.41, 5.74) is 1.88. The van der Waals surface area contributed by atoms with Crippen molar-refractivity contribution in [2.24, 2.45) is 5.92 Å². The molecule has 0 unspecified atom stereocenters. The molecule has 2 aliphatic rings. The van der Waals surface area contributed by atoms with E-state index in [1.165, 1.54) is 0 Å². The van der Waals surface area contributed by atoms with E-state index < -0.39 is 9.84 Å². The van der Waals surface area contributed by atoms with Crippen LogP contribution in [-0.2, 0) is 14.6 Å². The normalized spacial score (nSPS) is 26.0. The van der Waals surface area contributed by atoms with Crippen molar-refractivity contribution < 1.29 is 13.2 Å². The van der Waals surface area contributed by atoms with E-state index in [0.29, 0.717) is 19.5 Å². The summed E-state index contributed by atoms with van der Waals surface area (Å²) < 4.78 is 23.3. The Hall–Kier alpha value is -2.02. The van der Waals surface area contributed by atoms with Gasteiger partial charge in [-0.25, -0.2) is 8.42 Å². The van der Waals surface area contributed by atoms with Gasteiger partial charge in [-0.15, -0.1) is 0 Å². The zero-order chi connectivity index (χ0) is 17.4. The van der Waals surface area contributed by atoms with E-state index in [0.717, 1.165) is 29.4 Å². The van der Waals surface area contributed by atoms with Crippen LogP contribution in [-0.4, -0.2) is 53.8 Å². The number of pyridine rings is 2. The Morgan fingerprint density at radius 3 is 2.92 bits per heavy atom. The quantitative estimate of drug-likeness (QED) is 0.816. The minimum absolute atomic E-state index is 0.00510. The van der Waals surface area contributed by atoms with Gasteiger partial charge in [-0.1, -0.05) is 0 Å². The zero-order valence-electron chi connectivity index (χ0n) is 14.0. The Morgan fingerprint density at radius 1 is 1.24 bits per heavy atom. The van der Waals surface area contributed by atoms with Gasteiger partial charge in [0.1, 0.15) is 0 Å². The van der Waals surface area contributed by atoms with E-state index in [9.17, 15) is 13.2 Å². The molecular weight excluding hydrogens is 338 g/mol. The molecule has 2 atom stereocenters. The lowest BCUT2D eigenvalue weighted by atomic mass is 9.92. The highest BCUT2D eigenvalue weighted by Gasteiger charge is 2.37. The Labute approximate surface area is 147 Å². The number of nitrogens with zero attached hydrogens (tertiary/aromatic N) is 3. The van der Waals surface area contributed by atoms with Crippen LogP contribution in [0.25, 0.3) is 10.9 Å². The predicted molar refractivity (Wildman–Crippen MR) is 94.9 cm³/mol. The molecule has 4 heterocycles. The summed E-state index contributed by atoms with van der Waals surface area (Å²) in [6.07, 6.45) is 5.96. The number of rotatable bonds is 2. The van der Waals surface area contributed by atoms with Crippen molar-refractivity contribution in [1.29, 1.82) is 0 Å². The van der Waals surface area contributed by atoms with Crippen molar-refractivity contribution in [1.82, 2.24) is 14.9 Å². The maximum absolute atomic E-state index is 12.7. The lowest BCUT2D eigenvalue weighted by Crippen LogP contribution is -2.42. The fourth-order valence-electron chi connectivity index (χ4n) is 3.87. The first-order valence-corrected chi connectivity index (χ1v) is 10.5. The van der Waals surface area contributed by atoms with Gasteiger partial charge in [-0.2, -0.15) is 0 Å². The topological polar surface area (TPSA) is 80.2 Å². The number of likely N-dealkylation sites (tertiary alicyclic amines) is 1. The van der Waals surface area contributed by atoms with Gasteiger partial charge in [0.25, 0.3) is 0 Å². The van der Waals surface area contributed by atoms with E-state index in [1.807, 2.05) is 29.3 Å². The van der Waals surface area contributed by atoms with Crippen LogP contribution in [0.2, 0.25) is 0 Å². The molecule has 0 saturated carbocycles. The molecule has 0 aromatic carbocycles. The highest BCUT2D eigenvalue weighted by molar-refractivity contribution is 7.91. The Balaban J connectivity index is 1.51. The molecule has 4 rings (SSSR count). The molecule has 2 fully saturated rings. The number of carbonyl (C=O) groups is 1. The van der Waals surface area contributed by atoms with Crippen LogP contribution in [0.1, 0.15) is 30.9 Å². The van der Waals surface area contributed by atoms with Gasteiger partial charge in [-0.3, -0.25) is 14.8 Å². The third kappa shape index (κ3) is 3.38. The summed E-state index contributed by atoms with van der Waals surface area (Å²) in [7, 11) is -3.04. The molecule has 7 heteroatoms. The number of carbonyl (C=O) groups excluding carboxylic acids is 1. The molecule has 25 heavy (non-hydrogen) atoms. The molecule has 2 aromatic heterocycles. The first-order valence-electron chi connectivity index (χ1n) is 8.72. The molecule has 132 valence electrons. The lowest BCUT2D eigenvalue weighted by molar-refractivity contribution is -0.136. The molecule has 2 saturated heterocycles. The minimum atomic E-state index is -3.04. The second-order valence-electron chi connectivity index (χ2n) is 7.03. The van der Waals surface area contributed by atoms with Gasteiger partial charge in [0.2, 0.25) is 5.91 Å². The van der Waals surface area contributed by atoms with Crippen LogP contribution < -0.4 is 0 Å². The highest BCUT2D eigenvalue weighted by atomic mass is 32.2. The summed E-state index contributed by atoms with van der Waals surface area (Å²) in [4.78, 5) is 23.5.